The minimum atomic E-state index is -0.257. The van der Waals surface area contributed by atoms with Crippen molar-refractivity contribution in [3.63, 3.8) is 0 Å². The van der Waals surface area contributed by atoms with Crippen LogP contribution in [0.25, 0.3) is 0 Å². The fourth-order valence-electron chi connectivity index (χ4n) is 2.14. The molecule has 1 aromatic carbocycles. The molecular weight excluding hydrogens is 231 g/mol. The van der Waals surface area contributed by atoms with E-state index in [1.807, 2.05) is 0 Å². The molecule has 0 saturated carbocycles. The quantitative estimate of drug-likeness (QED) is 0.816. The number of carbonyl (C=O) groups excluding carboxylic acids is 1. The van der Waals surface area contributed by atoms with E-state index in [-0.39, 0.29) is 17.0 Å². The smallest absolute Gasteiger partial charge is 0.159 e. The van der Waals surface area contributed by atoms with Crippen molar-refractivity contribution in [3.05, 3.63) is 47.5 Å². The highest BCUT2D eigenvalue weighted by molar-refractivity contribution is 5.91. The van der Waals surface area contributed by atoms with Gasteiger partial charge in [0.05, 0.1) is 0 Å². The number of hydrogen-bond acceptors (Lipinski definition) is 2. The van der Waals surface area contributed by atoms with Crippen LogP contribution in [0.4, 0.5) is 4.39 Å². The zero-order valence-electron chi connectivity index (χ0n) is 10.7. The van der Waals surface area contributed by atoms with Crippen molar-refractivity contribution >= 4 is 5.78 Å². The van der Waals surface area contributed by atoms with Gasteiger partial charge in [-0.3, -0.25) is 4.79 Å². The first kappa shape index (κ1) is 12.8. The van der Waals surface area contributed by atoms with Gasteiger partial charge in [-0.1, -0.05) is 26.0 Å². The van der Waals surface area contributed by atoms with Gasteiger partial charge >= 0.3 is 0 Å². The molecule has 96 valence electrons. The highest BCUT2D eigenvalue weighted by Crippen LogP contribution is 2.34. The number of ether oxygens (including phenoxy) is 1. The van der Waals surface area contributed by atoms with E-state index >= 15 is 0 Å². The van der Waals surface area contributed by atoms with E-state index in [9.17, 15) is 9.18 Å². The standard InChI is InChI=1S/C15H17FO2/c1-15(2)8-13(17)7-14(9-15)18-10-11-3-5-12(16)6-4-11/h3-7H,8-10H2,1-2H3. The average molecular weight is 248 g/mol. The Morgan fingerprint density at radius 2 is 1.89 bits per heavy atom. The van der Waals surface area contributed by atoms with Crippen molar-refractivity contribution in [1.29, 1.82) is 0 Å². The Labute approximate surface area is 106 Å². The molecule has 0 unspecified atom stereocenters. The highest BCUT2D eigenvalue weighted by atomic mass is 19.1. The zero-order chi connectivity index (χ0) is 13.2. The molecule has 0 bridgehead atoms. The topological polar surface area (TPSA) is 26.3 Å². The fraction of sp³-hybridized carbons (Fsp3) is 0.400. The summed E-state index contributed by atoms with van der Waals surface area (Å²) in [5.74, 6) is 0.577. The third-order valence-electron chi connectivity index (χ3n) is 2.97. The summed E-state index contributed by atoms with van der Waals surface area (Å²) in [7, 11) is 0. The number of rotatable bonds is 3. The van der Waals surface area contributed by atoms with E-state index in [1.54, 1.807) is 18.2 Å². The molecule has 0 heterocycles. The Hall–Kier alpha value is -1.64. The molecule has 2 nitrogen and oxygen atoms in total. The molecule has 0 radical (unpaired) electrons. The van der Waals surface area contributed by atoms with Crippen LogP contribution in [0.3, 0.4) is 0 Å². The Morgan fingerprint density at radius 1 is 1.22 bits per heavy atom. The van der Waals surface area contributed by atoms with Gasteiger partial charge in [-0.2, -0.15) is 0 Å². The maximum atomic E-state index is 12.7. The average Bonchev–Trinajstić information content (AvgIpc) is 2.25. The number of benzene rings is 1. The van der Waals surface area contributed by atoms with Gasteiger partial charge in [-0.05, 0) is 23.1 Å². The minimum absolute atomic E-state index is 0.0377. The number of allylic oxidation sites excluding steroid dienone is 2. The van der Waals surface area contributed by atoms with Gasteiger partial charge in [-0.25, -0.2) is 4.39 Å². The monoisotopic (exact) mass is 248 g/mol. The molecule has 0 N–H and O–H groups in total. The fourth-order valence-corrected chi connectivity index (χ4v) is 2.14. The highest BCUT2D eigenvalue weighted by Gasteiger charge is 2.28. The second-order valence-electron chi connectivity index (χ2n) is 5.51. The van der Waals surface area contributed by atoms with Crippen LogP contribution >= 0.6 is 0 Å². The second kappa shape index (κ2) is 4.92. The summed E-state index contributed by atoms with van der Waals surface area (Å²) in [6.07, 6.45) is 2.91. The van der Waals surface area contributed by atoms with Gasteiger partial charge in [0.15, 0.2) is 5.78 Å². The summed E-state index contributed by atoms with van der Waals surface area (Å²) in [6, 6.07) is 6.18. The lowest BCUT2D eigenvalue weighted by Gasteiger charge is -2.28. The maximum Gasteiger partial charge on any atom is 0.159 e. The van der Waals surface area contributed by atoms with Crippen molar-refractivity contribution < 1.29 is 13.9 Å². The summed E-state index contributed by atoms with van der Waals surface area (Å²) in [6.45, 7) is 4.48. The van der Waals surface area contributed by atoms with Crippen LogP contribution in [-0.2, 0) is 16.1 Å². The molecule has 0 atom stereocenters. The molecule has 1 aliphatic rings. The molecule has 18 heavy (non-hydrogen) atoms. The van der Waals surface area contributed by atoms with Crippen molar-refractivity contribution in [3.8, 4) is 0 Å². The van der Waals surface area contributed by atoms with Crippen LogP contribution in [0.2, 0.25) is 0 Å². The van der Waals surface area contributed by atoms with Crippen LogP contribution in [0.5, 0.6) is 0 Å². The molecule has 0 saturated heterocycles. The predicted octanol–water partition coefficient (Wildman–Crippen LogP) is 3.62. The van der Waals surface area contributed by atoms with Crippen molar-refractivity contribution in [2.75, 3.05) is 0 Å². The molecule has 0 spiro atoms. The lowest BCUT2D eigenvalue weighted by molar-refractivity contribution is -0.117. The van der Waals surface area contributed by atoms with Crippen molar-refractivity contribution in [2.24, 2.45) is 5.41 Å². The van der Waals surface area contributed by atoms with Crippen LogP contribution in [0.1, 0.15) is 32.3 Å². The van der Waals surface area contributed by atoms with E-state index in [0.29, 0.717) is 13.0 Å². The summed E-state index contributed by atoms with van der Waals surface area (Å²) in [5.41, 5.74) is 0.859. The van der Waals surface area contributed by atoms with Gasteiger partial charge in [-0.15, -0.1) is 0 Å². The summed E-state index contributed by atoms with van der Waals surface area (Å²) in [4.78, 5) is 11.5. The van der Waals surface area contributed by atoms with Crippen LogP contribution < -0.4 is 0 Å². The maximum absolute atomic E-state index is 12.7. The Balaban J connectivity index is 1.98. The first-order chi connectivity index (χ1) is 8.44. The lowest BCUT2D eigenvalue weighted by atomic mass is 9.79. The predicted molar refractivity (Wildman–Crippen MR) is 67.3 cm³/mol. The van der Waals surface area contributed by atoms with E-state index < -0.39 is 0 Å². The molecule has 0 aliphatic heterocycles. The molecule has 0 fully saturated rings. The molecule has 0 aromatic heterocycles. The SMILES string of the molecule is CC1(C)CC(=O)C=C(OCc2ccc(F)cc2)C1. The Morgan fingerprint density at radius 3 is 2.50 bits per heavy atom. The van der Waals surface area contributed by atoms with Gasteiger partial charge in [0.1, 0.15) is 18.2 Å². The van der Waals surface area contributed by atoms with E-state index in [0.717, 1.165) is 17.7 Å². The third kappa shape index (κ3) is 3.42. The van der Waals surface area contributed by atoms with Gasteiger partial charge in [0.25, 0.3) is 0 Å². The normalized spacial score (nSPS) is 18.4. The largest absolute Gasteiger partial charge is 0.493 e. The van der Waals surface area contributed by atoms with Gasteiger partial charge in [0.2, 0.25) is 0 Å². The molecule has 2 rings (SSSR count). The van der Waals surface area contributed by atoms with Crippen molar-refractivity contribution in [1.82, 2.24) is 0 Å². The third-order valence-corrected chi connectivity index (χ3v) is 2.97. The van der Waals surface area contributed by atoms with Crippen LogP contribution in [-0.4, -0.2) is 5.78 Å². The first-order valence-electron chi connectivity index (χ1n) is 6.05. The minimum Gasteiger partial charge on any atom is -0.493 e. The number of carbonyl (C=O) groups is 1. The number of ketones is 1. The van der Waals surface area contributed by atoms with Crippen LogP contribution in [0, 0.1) is 11.2 Å². The number of hydrogen-bond donors (Lipinski definition) is 0. The van der Waals surface area contributed by atoms with Crippen molar-refractivity contribution in [2.45, 2.75) is 33.3 Å². The van der Waals surface area contributed by atoms with E-state index in [4.69, 9.17) is 4.74 Å². The van der Waals surface area contributed by atoms with Crippen LogP contribution in [0.15, 0.2) is 36.1 Å². The first-order valence-corrected chi connectivity index (χ1v) is 6.05. The lowest BCUT2D eigenvalue weighted by Crippen LogP contribution is -2.22. The second-order valence-corrected chi connectivity index (χ2v) is 5.51. The molecule has 1 aliphatic carbocycles. The summed E-state index contributed by atoms with van der Waals surface area (Å²) >= 11 is 0. The van der Waals surface area contributed by atoms with E-state index in [1.165, 1.54) is 12.1 Å². The summed E-state index contributed by atoms with van der Waals surface area (Å²) in [5, 5.41) is 0. The van der Waals surface area contributed by atoms with Gasteiger partial charge < -0.3 is 4.74 Å². The zero-order valence-corrected chi connectivity index (χ0v) is 10.7. The summed E-state index contributed by atoms with van der Waals surface area (Å²) < 4.78 is 18.4. The number of halogens is 1. The van der Waals surface area contributed by atoms with E-state index in [2.05, 4.69) is 13.8 Å². The molecule has 0 amide bonds. The molecular formula is C15H17FO2. The Bertz CT molecular complexity index is 472. The Kier molecular flexibility index (Phi) is 3.50. The molecule has 1 aromatic rings. The molecule has 3 heteroatoms. The van der Waals surface area contributed by atoms with Gasteiger partial charge in [0, 0.05) is 18.9 Å².